The summed E-state index contributed by atoms with van der Waals surface area (Å²) in [4.78, 5) is 0. The zero-order chi connectivity index (χ0) is 21.7. The number of allylic oxidation sites excluding steroid dienone is 4. The van der Waals surface area contributed by atoms with Crippen LogP contribution in [0.4, 0.5) is 0 Å². The molecule has 0 aromatic rings. The van der Waals surface area contributed by atoms with Crippen LogP contribution in [0.5, 0.6) is 0 Å². The van der Waals surface area contributed by atoms with Gasteiger partial charge in [0.1, 0.15) is 0 Å². The van der Waals surface area contributed by atoms with Gasteiger partial charge in [-0.1, -0.05) is 63.6 Å². The van der Waals surface area contributed by atoms with Gasteiger partial charge < -0.3 is 5.11 Å². The lowest BCUT2D eigenvalue weighted by Gasteiger charge is -2.58. The van der Waals surface area contributed by atoms with E-state index in [1.807, 2.05) is 0 Å². The van der Waals surface area contributed by atoms with E-state index >= 15 is 0 Å². The molecule has 0 bridgehead atoms. The SMILES string of the molecule is C=C(C)[C@H](/C=C/[C@@H](C)[C@H]1CC[C@@H]2[C@H]3CC=C4C[C@@H](O)CC[C@]4(C)[C@@H]3CC[C@@]21C)CC. The third-order valence-electron chi connectivity index (χ3n) is 10.5. The van der Waals surface area contributed by atoms with Gasteiger partial charge in [0.2, 0.25) is 0 Å². The highest BCUT2D eigenvalue weighted by Gasteiger charge is 2.58. The summed E-state index contributed by atoms with van der Waals surface area (Å²) >= 11 is 0. The third-order valence-corrected chi connectivity index (χ3v) is 10.5. The highest BCUT2D eigenvalue weighted by atomic mass is 16.3. The molecule has 168 valence electrons. The van der Waals surface area contributed by atoms with E-state index in [1.165, 1.54) is 44.1 Å². The van der Waals surface area contributed by atoms with Gasteiger partial charge in [-0.2, -0.15) is 0 Å². The Labute approximate surface area is 186 Å². The number of aliphatic hydroxyl groups is 1. The first-order valence-electron chi connectivity index (χ1n) is 12.9. The van der Waals surface area contributed by atoms with Crippen LogP contribution >= 0.6 is 0 Å². The molecule has 1 nitrogen and oxygen atoms in total. The summed E-state index contributed by atoms with van der Waals surface area (Å²) in [6.45, 7) is 16.3. The molecule has 0 radical (unpaired) electrons. The standard InChI is InChI=1S/C29H46O/c1-7-21(19(2)3)9-8-20(4)25-12-13-26-24-11-10-22-18-23(30)14-16-28(22,5)27(24)15-17-29(25,26)6/h8-10,20-21,23-27,30H,2,7,11-18H2,1,3-6H3/b9-8+/t20-,21+,23+,24-,25-,26-,27-,28+,29-/m1/s1. The van der Waals surface area contributed by atoms with Crippen LogP contribution in [0, 0.1) is 46.3 Å². The van der Waals surface area contributed by atoms with E-state index in [-0.39, 0.29) is 6.10 Å². The molecule has 4 aliphatic carbocycles. The van der Waals surface area contributed by atoms with E-state index in [2.05, 4.69) is 59.4 Å². The van der Waals surface area contributed by atoms with Crippen LogP contribution in [0.25, 0.3) is 0 Å². The van der Waals surface area contributed by atoms with E-state index in [0.717, 1.165) is 42.9 Å². The summed E-state index contributed by atoms with van der Waals surface area (Å²) in [5.41, 5.74) is 3.77. The fourth-order valence-electron chi connectivity index (χ4n) is 8.64. The predicted octanol–water partition coefficient (Wildman–Crippen LogP) is 7.72. The fourth-order valence-corrected chi connectivity index (χ4v) is 8.64. The second-order valence-electron chi connectivity index (χ2n) is 12.0. The van der Waals surface area contributed by atoms with E-state index in [9.17, 15) is 5.11 Å². The maximum atomic E-state index is 10.2. The number of rotatable bonds is 5. The van der Waals surface area contributed by atoms with Crippen LogP contribution in [-0.2, 0) is 0 Å². The molecule has 0 aromatic heterocycles. The molecule has 0 saturated heterocycles. The quantitative estimate of drug-likeness (QED) is 0.460. The molecule has 1 heteroatoms. The third kappa shape index (κ3) is 3.58. The van der Waals surface area contributed by atoms with Crippen LogP contribution in [0.15, 0.2) is 36.0 Å². The highest BCUT2D eigenvalue weighted by molar-refractivity contribution is 5.25. The first-order chi connectivity index (χ1) is 14.2. The van der Waals surface area contributed by atoms with Gasteiger partial charge in [0, 0.05) is 0 Å². The lowest BCUT2D eigenvalue weighted by atomic mass is 9.47. The predicted molar refractivity (Wildman–Crippen MR) is 128 cm³/mol. The molecular formula is C29H46O. The van der Waals surface area contributed by atoms with Crippen molar-refractivity contribution in [3.05, 3.63) is 36.0 Å². The van der Waals surface area contributed by atoms with Gasteiger partial charge in [0.05, 0.1) is 6.10 Å². The van der Waals surface area contributed by atoms with Crippen molar-refractivity contribution >= 4 is 0 Å². The molecule has 0 spiro atoms. The zero-order valence-electron chi connectivity index (χ0n) is 20.3. The summed E-state index contributed by atoms with van der Waals surface area (Å²) in [6, 6.07) is 0. The van der Waals surface area contributed by atoms with E-state index in [1.54, 1.807) is 5.57 Å². The molecule has 3 saturated carbocycles. The molecule has 0 aliphatic heterocycles. The Morgan fingerprint density at radius 1 is 1.17 bits per heavy atom. The Balaban J connectivity index is 1.53. The molecule has 0 unspecified atom stereocenters. The van der Waals surface area contributed by atoms with Gasteiger partial charge in [0.15, 0.2) is 0 Å². The molecule has 9 atom stereocenters. The minimum Gasteiger partial charge on any atom is -0.393 e. The largest absolute Gasteiger partial charge is 0.393 e. The Morgan fingerprint density at radius 2 is 1.93 bits per heavy atom. The summed E-state index contributed by atoms with van der Waals surface area (Å²) < 4.78 is 0. The summed E-state index contributed by atoms with van der Waals surface area (Å²) in [5.74, 6) is 4.64. The first kappa shape index (κ1) is 22.4. The van der Waals surface area contributed by atoms with Crippen LogP contribution in [-0.4, -0.2) is 11.2 Å². The van der Waals surface area contributed by atoms with Gasteiger partial charge in [-0.25, -0.2) is 0 Å². The first-order valence-corrected chi connectivity index (χ1v) is 12.9. The minimum absolute atomic E-state index is 0.0932. The number of hydrogen-bond donors (Lipinski definition) is 1. The molecule has 0 amide bonds. The van der Waals surface area contributed by atoms with Crippen LogP contribution in [0.3, 0.4) is 0 Å². The van der Waals surface area contributed by atoms with Gasteiger partial charge in [0.25, 0.3) is 0 Å². The van der Waals surface area contributed by atoms with Gasteiger partial charge in [-0.05, 0) is 111 Å². The van der Waals surface area contributed by atoms with Crippen molar-refractivity contribution in [2.75, 3.05) is 0 Å². The van der Waals surface area contributed by atoms with Crippen molar-refractivity contribution in [3.8, 4) is 0 Å². The van der Waals surface area contributed by atoms with E-state index in [0.29, 0.717) is 22.7 Å². The van der Waals surface area contributed by atoms with Gasteiger partial charge in [-0.15, -0.1) is 0 Å². The molecular weight excluding hydrogens is 364 g/mol. The summed E-state index contributed by atoms with van der Waals surface area (Å²) in [7, 11) is 0. The van der Waals surface area contributed by atoms with Crippen molar-refractivity contribution in [1.82, 2.24) is 0 Å². The monoisotopic (exact) mass is 410 g/mol. The lowest BCUT2D eigenvalue weighted by molar-refractivity contribution is -0.0540. The molecule has 4 aliphatic rings. The van der Waals surface area contributed by atoms with E-state index < -0.39 is 0 Å². The van der Waals surface area contributed by atoms with Gasteiger partial charge >= 0.3 is 0 Å². The molecule has 1 N–H and O–H groups in total. The second kappa shape index (κ2) is 8.27. The molecule has 0 aromatic carbocycles. The Hall–Kier alpha value is -0.820. The average Bonchev–Trinajstić information content (AvgIpc) is 3.06. The second-order valence-corrected chi connectivity index (χ2v) is 12.0. The molecule has 30 heavy (non-hydrogen) atoms. The van der Waals surface area contributed by atoms with Crippen LogP contribution in [0.1, 0.15) is 92.4 Å². The maximum absolute atomic E-state index is 10.2. The maximum Gasteiger partial charge on any atom is 0.0577 e. The van der Waals surface area contributed by atoms with Crippen LogP contribution < -0.4 is 0 Å². The number of hydrogen-bond acceptors (Lipinski definition) is 1. The highest BCUT2D eigenvalue weighted by Crippen LogP contribution is 2.67. The van der Waals surface area contributed by atoms with E-state index in [4.69, 9.17) is 0 Å². The van der Waals surface area contributed by atoms with Crippen molar-refractivity contribution < 1.29 is 5.11 Å². The molecule has 4 rings (SSSR count). The summed E-state index contributed by atoms with van der Waals surface area (Å²) in [6.07, 6.45) is 18.7. The van der Waals surface area contributed by atoms with Crippen molar-refractivity contribution in [2.24, 2.45) is 46.3 Å². The lowest BCUT2D eigenvalue weighted by Crippen LogP contribution is -2.50. The van der Waals surface area contributed by atoms with Crippen molar-refractivity contribution in [1.29, 1.82) is 0 Å². The topological polar surface area (TPSA) is 20.2 Å². The number of aliphatic hydroxyl groups excluding tert-OH is 1. The fraction of sp³-hybridized carbons (Fsp3) is 0.793. The zero-order valence-corrected chi connectivity index (χ0v) is 20.3. The summed E-state index contributed by atoms with van der Waals surface area (Å²) in [5, 5.41) is 10.2. The molecule has 0 heterocycles. The Bertz CT molecular complexity index is 716. The normalized spacial score (nSPS) is 45.3. The smallest absolute Gasteiger partial charge is 0.0577 e. The number of fused-ring (bicyclic) bond motifs is 5. The van der Waals surface area contributed by atoms with Gasteiger partial charge in [-0.3, -0.25) is 0 Å². The Morgan fingerprint density at radius 3 is 2.63 bits per heavy atom. The van der Waals surface area contributed by atoms with Crippen molar-refractivity contribution in [2.45, 2.75) is 98.5 Å². The van der Waals surface area contributed by atoms with Crippen molar-refractivity contribution in [3.63, 3.8) is 0 Å². The Kier molecular flexibility index (Phi) is 6.17. The van der Waals surface area contributed by atoms with Crippen LogP contribution in [0.2, 0.25) is 0 Å². The average molecular weight is 411 g/mol. The molecule has 3 fully saturated rings. The minimum atomic E-state index is -0.0932.